The van der Waals surface area contributed by atoms with E-state index < -0.39 is 0 Å². The van der Waals surface area contributed by atoms with Gasteiger partial charge in [-0.2, -0.15) is 0 Å². The molecule has 6 nitrogen and oxygen atoms in total. The molecular formula is C15H24BrN3O3. The van der Waals surface area contributed by atoms with Crippen LogP contribution in [0.3, 0.4) is 0 Å². The second-order valence-electron chi connectivity index (χ2n) is 5.58. The first-order chi connectivity index (χ1) is 10.7. The zero-order chi connectivity index (χ0) is 15.8. The van der Waals surface area contributed by atoms with Gasteiger partial charge < -0.3 is 24.9 Å². The molecule has 0 aliphatic carbocycles. The number of furan rings is 1. The summed E-state index contributed by atoms with van der Waals surface area (Å²) in [5.74, 6) is 1.69. The zero-order valence-electron chi connectivity index (χ0n) is 12.9. The normalized spacial score (nSPS) is 22.0. The van der Waals surface area contributed by atoms with Crippen LogP contribution in [0.4, 0.5) is 0 Å². The minimum absolute atomic E-state index is 0.0121. The molecule has 22 heavy (non-hydrogen) atoms. The van der Waals surface area contributed by atoms with E-state index in [0.29, 0.717) is 6.61 Å². The quantitative estimate of drug-likeness (QED) is 0.499. The number of aliphatic imine (C=N–C) groups is 1. The van der Waals surface area contributed by atoms with E-state index in [0.717, 1.165) is 55.3 Å². The summed E-state index contributed by atoms with van der Waals surface area (Å²) in [6.07, 6.45) is 2.51. The maximum absolute atomic E-state index is 9.24. The molecule has 0 aromatic carbocycles. The Morgan fingerprint density at radius 1 is 1.45 bits per heavy atom. The third kappa shape index (κ3) is 5.00. The summed E-state index contributed by atoms with van der Waals surface area (Å²) in [7, 11) is 1.75. The molecule has 1 aliphatic rings. The Morgan fingerprint density at radius 2 is 2.32 bits per heavy atom. The number of ether oxygens (including phenoxy) is 1. The van der Waals surface area contributed by atoms with Gasteiger partial charge in [-0.25, -0.2) is 0 Å². The minimum atomic E-state index is 0.0121. The highest BCUT2D eigenvalue weighted by molar-refractivity contribution is 9.10. The maximum Gasteiger partial charge on any atom is 0.191 e. The molecule has 124 valence electrons. The summed E-state index contributed by atoms with van der Waals surface area (Å²) in [5.41, 5.74) is 0.0121. The third-order valence-electron chi connectivity index (χ3n) is 3.97. The average Bonchev–Trinajstić information content (AvgIpc) is 3.13. The summed E-state index contributed by atoms with van der Waals surface area (Å²) >= 11 is 3.29. The first kappa shape index (κ1) is 17.3. The van der Waals surface area contributed by atoms with Crippen molar-refractivity contribution in [1.82, 2.24) is 10.6 Å². The molecule has 3 N–H and O–H groups in total. The molecule has 1 aromatic rings. The van der Waals surface area contributed by atoms with Gasteiger partial charge in [0.25, 0.3) is 0 Å². The van der Waals surface area contributed by atoms with Crippen molar-refractivity contribution in [3.63, 3.8) is 0 Å². The molecule has 0 saturated carbocycles. The number of nitrogens with zero attached hydrogens (tertiary/aromatic N) is 1. The van der Waals surface area contributed by atoms with Crippen LogP contribution in [-0.4, -0.2) is 51.0 Å². The second-order valence-corrected chi connectivity index (χ2v) is 6.37. The lowest BCUT2D eigenvalue weighted by Crippen LogP contribution is -2.45. The van der Waals surface area contributed by atoms with Crippen LogP contribution in [0.25, 0.3) is 0 Å². The average molecular weight is 374 g/mol. The van der Waals surface area contributed by atoms with Gasteiger partial charge in [0.05, 0.1) is 6.61 Å². The lowest BCUT2D eigenvalue weighted by atomic mass is 9.84. The number of aliphatic hydroxyl groups excluding tert-OH is 1. The van der Waals surface area contributed by atoms with Crippen LogP contribution >= 0.6 is 15.9 Å². The van der Waals surface area contributed by atoms with Crippen molar-refractivity contribution in [2.24, 2.45) is 10.4 Å². The monoisotopic (exact) mass is 373 g/mol. The first-order valence-corrected chi connectivity index (χ1v) is 8.34. The summed E-state index contributed by atoms with van der Waals surface area (Å²) in [4.78, 5) is 4.23. The van der Waals surface area contributed by atoms with Crippen LogP contribution in [0.15, 0.2) is 26.2 Å². The third-order valence-corrected chi connectivity index (χ3v) is 4.40. The van der Waals surface area contributed by atoms with Gasteiger partial charge in [0.15, 0.2) is 10.6 Å². The van der Waals surface area contributed by atoms with Crippen LogP contribution in [0.2, 0.25) is 0 Å². The van der Waals surface area contributed by atoms with E-state index in [9.17, 15) is 5.11 Å². The van der Waals surface area contributed by atoms with Crippen LogP contribution in [0, 0.1) is 5.41 Å². The van der Waals surface area contributed by atoms with E-state index in [4.69, 9.17) is 9.15 Å². The first-order valence-electron chi connectivity index (χ1n) is 7.55. The largest absolute Gasteiger partial charge is 0.454 e. The smallest absolute Gasteiger partial charge is 0.191 e. The number of hydrogen-bond donors (Lipinski definition) is 3. The van der Waals surface area contributed by atoms with Crippen molar-refractivity contribution in [3.8, 4) is 0 Å². The van der Waals surface area contributed by atoms with Gasteiger partial charge in [-0.05, 0) is 40.9 Å². The minimum Gasteiger partial charge on any atom is -0.454 e. The predicted molar refractivity (Wildman–Crippen MR) is 89.0 cm³/mol. The number of hydrogen-bond acceptors (Lipinski definition) is 4. The Hall–Kier alpha value is -1.05. The van der Waals surface area contributed by atoms with E-state index >= 15 is 0 Å². The fraction of sp³-hybridized carbons (Fsp3) is 0.667. The van der Waals surface area contributed by atoms with Crippen LogP contribution in [-0.2, 0) is 11.2 Å². The molecule has 0 amide bonds. The van der Waals surface area contributed by atoms with Crippen molar-refractivity contribution in [1.29, 1.82) is 0 Å². The lowest BCUT2D eigenvalue weighted by molar-refractivity contribution is 0.127. The summed E-state index contributed by atoms with van der Waals surface area (Å²) in [5, 5.41) is 15.8. The molecule has 0 radical (unpaired) electrons. The Morgan fingerprint density at radius 3 is 2.91 bits per heavy atom. The van der Waals surface area contributed by atoms with Crippen LogP contribution in [0.5, 0.6) is 0 Å². The Labute approximate surface area is 139 Å². The molecule has 1 aliphatic heterocycles. The Kier molecular flexibility index (Phi) is 6.72. The predicted octanol–water partition coefficient (Wildman–Crippen LogP) is 1.54. The zero-order valence-corrected chi connectivity index (χ0v) is 14.5. The van der Waals surface area contributed by atoms with Crippen molar-refractivity contribution in [2.45, 2.75) is 19.3 Å². The van der Waals surface area contributed by atoms with Gasteiger partial charge in [-0.3, -0.25) is 4.99 Å². The summed E-state index contributed by atoms with van der Waals surface area (Å²) in [6, 6.07) is 3.84. The Bertz CT molecular complexity index is 484. The highest BCUT2D eigenvalue weighted by atomic mass is 79.9. The fourth-order valence-electron chi connectivity index (χ4n) is 2.59. The molecule has 7 heteroatoms. The van der Waals surface area contributed by atoms with Gasteiger partial charge in [-0.15, -0.1) is 0 Å². The molecule has 0 bridgehead atoms. The molecule has 1 atom stereocenters. The van der Waals surface area contributed by atoms with Gasteiger partial charge in [-0.1, -0.05) is 0 Å². The van der Waals surface area contributed by atoms with Crippen molar-refractivity contribution >= 4 is 21.9 Å². The second kappa shape index (κ2) is 8.55. The van der Waals surface area contributed by atoms with E-state index in [2.05, 4.69) is 31.6 Å². The fourth-order valence-corrected chi connectivity index (χ4v) is 2.93. The number of nitrogens with one attached hydrogen (secondary N) is 2. The number of aliphatic hydroxyl groups is 1. The topological polar surface area (TPSA) is 79.0 Å². The number of rotatable bonds is 7. The molecule has 1 fully saturated rings. The van der Waals surface area contributed by atoms with Crippen LogP contribution in [0.1, 0.15) is 18.6 Å². The molecule has 0 spiro atoms. The van der Waals surface area contributed by atoms with E-state index in [1.54, 1.807) is 7.05 Å². The van der Waals surface area contributed by atoms with Crippen molar-refractivity contribution < 1.29 is 14.3 Å². The van der Waals surface area contributed by atoms with Gasteiger partial charge in [0, 0.05) is 45.2 Å². The summed E-state index contributed by atoms with van der Waals surface area (Å²) in [6.45, 7) is 3.13. The summed E-state index contributed by atoms with van der Waals surface area (Å²) < 4.78 is 11.7. The van der Waals surface area contributed by atoms with E-state index in [1.807, 2.05) is 12.1 Å². The van der Waals surface area contributed by atoms with Gasteiger partial charge in [0.1, 0.15) is 5.76 Å². The molecule has 1 aromatic heterocycles. The SMILES string of the molecule is CN=C(NCCc1ccc(Br)o1)NCC1(CCO)CCOC1. The highest BCUT2D eigenvalue weighted by Crippen LogP contribution is 2.31. The molecule has 1 saturated heterocycles. The number of guanidine groups is 1. The Balaban J connectivity index is 1.74. The highest BCUT2D eigenvalue weighted by Gasteiger charge is 2.34. The lowest BCUT2D eigenvalue weighted by Gasteiger charge is -2.27. The van der Waals surface area contributed by atoms with Gasteiger partial charge in [0.2, 0.25) is 0 Å². The number of halogens is 1. The standard InChI is InChI=1S/C15H24BrN3O3/c1-17-14(18-7-4-12-2-3-13(16)22-12)19-10-15(5-8-20)6-9-21-11-15/h2-3,20H,4-11H2,1H3,(H2,17,18,19). The van der Waals surface area contributed by atoms with Crippen molar-refractivity contribution in [2.75, 3.05) is 40.0 Å². The van der Waals surface area contributed by atoms with Crippen molar-refractivity contribution in [3.05, 3.63) is 22.6 Å². The molecule has 2 rings (SSSR count). The van der Waals surface area contributed by atoms with E-state index in [-0.39, 0.29) is 12.0 Å². The van der Waals surface area contributed by atoms with E-state index in [1.165, 1.54) is 0 Å². The maximum atomic E-state index is 9.24. The van der Waals surface area contributed by atoms with Crippen LogP contribution < -0.4 is 10.6 Å². The van der Waals surface area contributed by atoms with Gasteiger partial charge >= 0.3 is 0 Å². The molecular weight excluding hydrogens is 350 g/mol. The molecule has 1 unspecified atom stereocenters. The molecule has 2 heterocycles.